The van der Waals surface area contributed by atoms with Crippen LogP contribution < -0.4 is 14.8 Å². The number of anilines is 1. The molecule has 1 aliphatic carbocycles. The minimum absolute atomic E-state index is 0.118. The van der Waals surface area contributed by atoms with Crippen LogP contribution in [0.15, 0.2) is 29.3 Å². The van der Waals surface area contributed by atoms with Gasteiger partial charge in [-0.2, -0.15) is 9.98 Å². The molecule has 7 nitrogen and oxygen atoms in total. The fourth-order valence-electron chi connectivity index (χ4n) is 2.18. The first kappa shape index (κ1) is 19.2. The average molecular weight is 364 g/mol. The minimum atomic E-state index is -3.60. The number of benzene rings is 1. The predicted octanol–water partition coefficient (Wildman–Crippen LogP) is 2.28. The minimum Gasteiger partial charge on any atom is -0.497 e. The summed E-state index contributed by atoms with van der Waals surface area (Å²) in [6, 6.07) is 8.23. The van der Waals surface area contributed by atoms with Crippen LogP contribution in [0.1, 0.15) is 33.1 Å². The van der Waals surface area contributed by atoms with Gasteiger partial charge < -0.3 is 10.1 Å². The largest absolute Gasteiger partial charge is 0.497 e. The van der Waals surface area contributed by atoms with Gasteiger partial charge in [-0.15, -0.1) is 0 Å². The van der Waals surface area contributed by atoms with Gasteiger partial charge in [0.05, 0.1) is 24.5 Å². The van der Waals surface area contributed by atoms with E-state index in [1.54, 1.807) is 33.1 Å². The summed E-state index contributed by atoms with van der Waals surface area (Å²) < 4.78 is 31.9. The van der Waals surface area contributed by atoms with Gasteiger partial charge in [0.2, 0.25) is 10.0 Å². The van der Waals surface area contributed by atoms with Crippen molar-refractivity contribution in [1.29, 1.82) is 5.26 Å². The smallest absolute Gasteiger partial charge is 0.215 e. The van der Waals surface area contributed by atoms with Gasteiger partial charge in [-0.1, -0.05) is 6.07 Å². The molecule has 8 heteroatoms. The third-order valence-electron chi connectivity index (χ3n) is 4.04. The number of nitrogens with zero attached hydrogens (tertiary/aromatic N) is 2. The van der Waals surface area contributed by atoms with Gasteiger partial charge in [-0.05, 0) is 45.2 Å². The van der Waals surface area contributed by atoms with E-state index in [0.29, 0.717) is 17.3 Å². The van der Waals surface area contributed by atoms with E-state index in [0.717, 1.165) is 19.3 Å². The quantitative estimate of drug-likeness (QED) is 0.571. The summed E-state index contributed by atoms with van der Waals surface area (Å²) in [5.74, 6) is 0.967. The van der Waals surface area contributed by atoms with Crippen LogP contribution in [0.5, 0.6) is 5.75 Å². The van der Waals surface area contributed by atoms with Crippen molar-refractivity contribution in [1.82, 2.24) is 4.72 Å². The number of nitriles is 1. The van der Waals surface area contributed by atoms with Crippen molar-refractivity contribution in [2.75, 3.05) is 12.4 Å². The molecule has 2 rings (SSSR count). The van der Waals surface area contributed by atoms with Gasteiger partial charge >= 0.3 is 0 Å². The standard InChI is InChI=1S/C17H24N4O3S/c1-12(2)25(22,23)21-16(11-18)17(19-13-6-4-7-13)20-14-8-5-9-15(10-14)24-3/h5,8-10,12-13,16,21H,4,6-7H2,1-3H3,(H,19,20). The van der Waals surface area contributed by atoms with Gasteiger partial charge in [0.1, 0.15) is 11.6 Å². The van der Waals surface area contributed by atoms with Crippen LogP contribution in [0, 0.1) is 11.3 Å². The number of hydrogen-bond donors (Lipinski definition) is 2. The maximum absolute atomic E-state index is 12.2. The highest BCUT2D eigenvalue weighted by atomic mass is 32.2. The Labute approximate surface area is 149 Å². The Hall–Kier alpha value is -2.11. The Balaban J connectivity index is 2.28. The normalized spacial score (nSPS) is 16.8. The summed E-state index contributed by atoms with van der Waals surface area (Å²) in [6.45, 7) is 3.13. The van der Waals surface area contributed by atoms with Gasteiger partial charge in [-0.25, -0.2) is 8.42 Å². The number of rotatable bonds is 7. The number of nitrogens with one attached hydrogen (secondary N) is 2. The van der Waals surface area contributed by atoms with Crippen molar-refractivity contribution >= 4 is 21.5 Å². The van der Waals surface area contributed by atoms with Crippen molar-refractivity contribution in [3.8, 4) is 11.8 Å². The molecule has 0 aromatic heterocycles. The maximum atomic E-state index is 12.2. The van der Waals surface area contributed by atoms with Crippen LogP contribution in [0.4, 0.5) is 5.69 Å². The van der Waals surface area contributed by atoms with Gasteiger partial charge in [-0.3, -0.25) is 4.99 Å². The molecule has 1 saturated carbocycles. The molecule has 1 aromatic rings. The number of hydrogen-bond acceptors (Lipinski definition) is 5. The van der Waals surface area contributed by atoms with Crippen molar-refractivity contribution in [2.24, 2.45) is 4.99 Å². The fraction of sp³-hybridized carbons (Fsp3) is 0.529. The third-order valence-corrected chi connectivity index (χ3v) is 5.85. The molecule has 0 amide bonds. The second-order valence-electron chi connectivity index (χ2n) is 6.23. The van der Waals surface area contributed by atoms with E-state index in [2.05, 4.69) is 15.0 Å². The van der Waals surface area contributed by atoms with Crippen LogP contribution in [-0.4, -0.2) is 38.7 Å². The monoisotopic (exact) mass is 364 g/mol. The summed E-state index contributed by atoms with van der Waals surface area (Å²) in [7, 11) is -2.04. The van der Waals surface area contributed by atoms with E-state index in [4.69, 9.17) is 4.74 Å². The molecule has 136 valence electrons. The molecule has 0 heterocycles. The summed E-state index contributed by atoms with van der Waals surface area (Å²) in [5, 5.41) is 12.0. The van der Waals surface area contributed by atoms with E-state index in [1.807, 2.05) is 18.2 Å². The van der Waals surface area contributed by atoms with Crippen molar-refractivity contribution in [3.05, 3.63) is 24.3 Å². The van der Waals surface area contributed by atoms with Crippen LogP contribution >= 0.6 is 0 Å². The molecule has 25 heavy (non-hydrogen) atoms. The summed E-state index contributed by atoms with van der Waals surface area (Å²) in [4.78, 5) is 4.56. The van der Waals surface area contributed by atoms with Crippen molar-refractivity contribution < 1.29 is 13.2 Å². The molecule has 1 atom stereocenters. The molecule has 0 spiro atoms. The predicted molar refractivity (Wildman–Crippen MR) is 98.3 cm³/mol. The SMILES string of the molecule is COc1cccc(NC(=NC2CCC2)C(C#N)NS(=O)(=O)C(C)C)c1. The van der Waals surface area contributed by atoms with Crippen LogP contribution in [0.3, 0.4) is 0 Å². The average Bonchev–Trinajstić information content (AvgIpc) is 2.54. The molecule has 1 unspecified atom stereocenters. The maximum Gasteiger partial charge on any atom is 0.215 e. The van der Waals surface area contributed by atoms with Gasteiger partial charge in [0.25, 0.3) is 0 Å². The lowest BCUT2D eigenvalue weighted by Crippen LogP contribution is -2.46. The second kappa shape index (κ2) is 8.32. The van der Waals surface area contributed by atoms with Crippen molar-refractivity contribution in [3.63, 3.8) is 0 Å². The molecule has 0 aliphatic heterocycles. The third kappa shape index (κ3) is 5.18. The molecule has 0 radical (unpaired) electrons. The first-order valence-corrected chi connectivity index (χ1v) is 9.80. The molecule has 1 aliphatic rings. The topological polar surface area (TPSA) is 104 Å². The highest BCUT2D eigenvalue weighted by Gasteiger charge is 2.27. The lowest BCUT2D eigenvalue weighted by atomic mass is 9.94. The summed E-state index contributed by atoms with van der Waals surface area (Å²) in [5.41, 5.74) is 0.682. The number of ether oxygens (including phenoxy) is 1. The Morgan fingerprint density at radius 3 is 2.64 bits per heavy atom. The van der Waals surface area contributed by atoms with Crippen molar-refractivity contribution in [2.45, 2.75) is 50.4 Å². The van der Waals surface area contributed by atoms with Crippen LogP contribution in [0.25, 0.3) is 0 Å². The molecule has 1 fully saturated rings. The number of sulfonamides is 1. The highest BCUT2D eigenvalue weighted by Crippen LogP contribution is 2.23. The van der Waals surface area contributed by atoms with E-state index < -0.39 is 21.3 Å². The molecule has 2 N–H and O–H groups in total. The zero-order valence-corrected chi connectivity index (χ0v) is 15.5. The number of amidine groups is 1. The second-order valence-corrected chi connectivity index (χ2v) is 8.50. The summed E-state index contributed by atoms with van der Waals surface area (Å²) >= 11 is 0. The lowest BCUT2D eigenvalue weighted by molar-refractivity contribution is 0.415. The number of methoxy groups -OCH3 is 1. The molecular weight excluding hydrogens is 340 g/mol. The van der Waals surface area contributed by atoms with E-state index >= 15 is 0 Å². The Bertz CT molecular complexity index is 764. The van der Waals surface area contributed by atoms with Gasteiger partial charge in [0, 0.05) is 11.8 Å². The number of aliphatic imine (C=N–C) groups is 1. The van der Waals surface area contributed by atoms with Gasteiger partial charge in [0.15, 0.2) is 6.04 Å². The molecule has 0 bridgehead atoms. The van der Waals surface area contributed by atoms with Crippen LogP contribution in [-0.2, 0) is 10.0 Å². The zero-order chi connectivity index (χ0) is 18.4. The van der Waals surface area contributed by atoms with Crippen LogP contribution in [0.2, 0.25) is 0 Å². The first-order valence-electron chi connectivity index (χ1n) is 8.25. The summed E-state index contributed by atoms with van der Waals surface area (Å²) in [6.07, 6.45) is 2.98. The Morgan fingerprint density at radius 1 is 1.40 bits per heavy atom. The first-order chi connectivity index (χ1) is 11.9. The fourth-order valence-corrected chi connectivity index (χ4v) is 2.95. The Morgan fingerprint density at radius 2 is 2.12 bits per heavy atom. The zero-order valence-electron chi connectivity index (χ0n) is 14.7. The lowest BCUT2D eigenvalue weighted by Gasteiger charge is -2.25. The Kier molecular flexibility index (Phi) is 6.39. The molecule has 1 aromatic carbocycles. The van der Waals surface area contributed by atoms with E-state index in [9.17, 15) is 13.7 Å². The van der Waals surface area contributed by atoms with E-state index in [1.165, 1.54) is 0 Å². The van der Waals surface area contributed by atoms with E-state index in [-0.39, 0.29) is 6.04 Å². The molecule has 0 saturated heterocycles. The highest BCUT2D eigenvalue weighted by molar-refractivity contribution is 7.90. The molecular formula is C17H24N4O3S.